The molecule has 2 fully saturated rings. The average Bonchev–Trinajstić information content (AvgIpc) is 3.33. The predicted octanol–water partition coefficient (Wildman–Crippen LogP) is 3.34. The third-order valence-corrected chi connectivity index (χ3v) is 5.87. The van der Waals surface area contributed by atoms with E-state index < -0.39 is 0 Å². The first-order valence-corrected chi connectivity index (χ1v) is 9.51. The molecule has 1 N–H and O–H groups in total. The van der Waals surface area contributed by atoms with Crippen molar-refractivity contribution in [2.24, 2.45) is 5.92 Å². The van der Waals surface area contributed by atoms with Crippen molar-refractivity contribution in [1.82, 2.24) is 10.2 Å². The second kappa shape index (κ2) is 6.72. The van der Waals surface area contributed by atoms with Crippen LogP contribution in [0.15, 0.2) is 30.3 Å². The monoisotopic (exact) mass is 304 g/mol. The van der Waals surface area contributed by atoms with Crippen LogP contribution in [0.3, 0.4) is 0 Å². The van der Waals surface area contributed by atoms with Gasteiger partial charge in [0, 0.05) is 31.4 Å². The van der Waals surface area contributed by atoms with Gasteiger partial charge in [-0.1, -0.05) is 37.3 Å². The number of nitrogens with zero attached hydrogens (tertiary/aromatic N) is 1. The molecule has 1 saturated heterocycles. The van der Waals surface area contributed by atoms with Crippen molar-refractivity contribution in [3.8, 4) is 0 Å². The second-order valence-corrected chi connectivity index (χ2v) is 8.05. The Morgan fingerprint density at radius 2 is 2.05 bits per heavy atom. The van der Waals surface area contributed by atoms with E-state index in [9.17, 15) is 0 Å². The predicted molar refractivity (Wildman–Crippen MR) is 92.9 cm³/mol. The van der Waals surface area contributed by atoms with E-state index in [1.807, 2.05) is 0 Å². The third-order valence-electron chi connectivity index (χ3n) is 4.99. The minimum atomic E-state index is 0.101. The summed E-state index contributed by atoms with van der Waals surface area (Å²) in [6, 6.07) is 11.7. The maximum Gasteiger partial charge on any atom is 0.0535 e. The lowest BCUT2D eigenvalue weighted by molar-refractivity contribution is 0.0799. The zero-order valence-electron chi connectivity index (χ0n) is 13.3. The Morgan fingerprint density at radius 3 is 2.71 bits per heavy atom. The maximum atomic E-state index is 3.86. The molecule has 1 saturated carbocycles. The lowest BCUT2D eigenvalue weighted by atomic mass is 9.87. The quantitative estimate of drug-likeness (QED) is 0.812. The van der Waals surface area contributed by atoms with E-state index in [2.05, 4.69) is 66.2 Å². The van der Waals surface area contributed by atoms with Crippen molar-refractivity contribution < 1.29 is 0 Å². The van der Waals surface area contributed by atoms with Gasteiger partial charge < -0.3 is 5.32 Å². The Morgan fingerprint density at radius 1 is 1.29 bits per heavy atom. The van der Waals surface area contributed by atoms with Crippen molar-refractivity contribution >= 4 is 11.8 Å². The fourth-order valence-electron chi connectivity index (χ4n) is 3.55. The molecule has 0 amide bonds. The number of thioether (sulfide) groups is 1. The highest BCUT2D eigenvalue weighted by Crippen LogP contribution is 2.38. The van der Waals surface area contributed by atoms with Gasteiger partial charge in [0.15, 0.2) is 0 Å². The van der Waals surface area contributed by atoms with Crippen molar-refractivity contribution in [2.45, 2.75) is 38.3 Å². The van der Waals surface area contributed by atoms with E-state index in [4.69, 9.17) is 0 Å². The van der Waals surface area contributed by atoms with Crippen molar-refractivity contribution in [1.29, 1.82) is 0 Å². The highest BCUT2D eigenvalue weighted by atomic mass is 32.2. The lowest BCUT2D eigenvalue weighted by Crippen LogP contribution is -2.62. The Kier molecular flexibility index (Phi) is 4.92. The summed E-state index contributed by atoms with van der Waals surface area (Å²) in [7, 11) is 0. The van der Waals surface area contributed by atoms with Gasteiger partial charge in [0.25, 0.3) is 0 Å². The number of piperazine rings is 1. The highest BCUT2D eigenvalue weighted by molar-refractivity contribution is 7.99. The molecule has 1 aromatic carbocycles. The van der Waals surface area contributed by atoms with Gasteiger partial charge in [-0.25, -0.2) is 0 Å². The van der Waals surface area contributed by atoms with Crippen molar-refractivity contribution in [2.75, 3.05) is 31.1 Å². The standard InChI is InChI=1S/C18H28N2S/c1-3-21-12-11-20-14-18(2,16-7-5-4-6-8-16)19-13-17(20)15-9-10-15/h4-8,15,17,19H,3,9-14H2,1-2H3. The molecule has 3 heteroatoms. The molecule has 2 aliphatic rings. The van der Waals surface area contributed by atoms with Crippen LogP contribution in [0.4, 0.5) is 0 Å². The molecular weight excluding hydrogens is 276 g/mol. The molecule has 1 aliphatic heterocycles. The van der Waals surface area contributed by atoms with Gasteiger partial charge >= 0.3 is 0 Å². The molecule has 0 aromatic heterocycles. The molecule has 0 spiro atoms. The summed E-state index contributed by atoms with van der Waals surface area (Å²) < 4.78 is 0. The van der Waals surface area contributed by atoms with E-state index in [0.717, 1.165) is 25.0 Å². The van der Waals surface area contributed by atoms with Crippen LogP contribution in [-0.4, -0.2) is 42.1 Å². The van der Waals surface area contributed by atoms with Crippen molar-refractivity contribution in [3.05, 3.63) is 35.9 Å². The highest BCUT2D eigenvalue weighted by Gasteiger charge is 2.42. The number of benzene rings is 1. The van der Waals surface area contributed by atoms with Crippen LogP contribution >= 0.6 is 11.8 Å². The Balaban J connectivity index is 1.71. The van der Waals surface area contributed by atoms with Gasteiger partial charge in [-0.15, -0.1) is 0 Å². The minimum Gasteiger partial charge on any atom is -0.305 e. The van der Waals surface area contributed by atoms with Gasteiger partial charge in [0.05, 0.1) is 5.54 Å². The summed E-state index contributed by atoms with van der Waals surface area (Å²) in [5.41, 5.74) is 1.52. The normalized spacial score (nSPS) is 30.5. The fourth-order valence-corrected chi connectivity index (χ4v) is 4.21. The van der Waals surface area contributed by atoms with E-state index in [0.29, 0.717) is 0 Å². The molecule has 3 rings (SSSR count). The molecule has 0 bridgehead atoms. The molecule has 1 aromatic rings. The van der Waals surface area contributed by atoms with Crippen molar-refractivity contribution in [3.63, 3.8) is 0 Å². The van der Waals surface area contributed by atoms with Crippen LogP contribution in [-0.2, 0) is 5.54 Å². The van der Waals surface area contributed by atoms with E-state index in [-0.39, 0.29) is 5.54 Å². The Hall–Kier alpha value is -0.510. The summed E-state index contributed by atoms with van der Waals surface area (Å²) >= 11 is 2.07. The van der Waals surface area contributed by atoms with Crippen LogP contribution in [0, 0.1) is 5.92 Å². The summed E-state index contributed by atoms with van der Waals surface area (Å²) in [4.78, 5) is 2.77. The van der Waals surface area contributed by atoms with Crippen LogP contribution in [0.25, 0.3) is 0 Å². The molecule has 2 nitrogen and oxygen atoms in total. The minimum absolute atomic E-state index is 0.101. The van der Waals surface area contributed by atoms with Crippen LogP contribution in [0.1, 0.15) is 32.3 Å². The Labute approximate surface area is 133 Å². The fraction of sp³-hybridized carbons (Fsp3) is 0.667. The lowest BCUT2D eigenvalue weighted by Gasteiger charge is -2.47. The zero-order chi connectivity index (χ0) is 14.7. The number of nitrogens with one attached hydrogen (secondary N) is 1. The van der Waals surface area contributed by atoms with Gasteiger partial charge in [-0.05, 0) is 37.0 Å². The molecule has 116 valence electrons. The van der Waals surface area contributed by atoms with Gasteiger partial charge in [-0.3, -0.25) is 4.90 Å². The topological polar surface area (TPSA) is 15.3 Å². The molecule has 0 radical (unpaired) electrons. The summed E-state index contributed by atoms with van der Waals surface area (Å²) in [6.07, 6.45) is 2.87. The number of hydrogen-bond donors (Lipinski definition) is 1. The van der Waals surface area contributed by atoms with E-state index in [1.165, 1.54) is 36.5 Å². The zero-order valence-corrected chi connectivity index (χ0v) is 14.2. The largest absolute Gasteiger partial charge is 0.305 e. The first kappa shape index (κ1) is 15.4. The number of rotatable bonds is 6. The van der Waals surface area contributed by atoms with E-state index in [1.54, 1.807) is 0 Å². The van der Waals surface area contributed by atoms with Gasteiger partial charge in [0.2, 0.25) is 0 Å². The first-order valence-electron chi connectivity index (χ1n) is 8.35. The maximum absolute atomic E-state index is 3.86. The molecule has 2 unspecified atom stereocenters. The molecule has 21 heavy (non-hydrogen) atoms. The summed E-state index contributed by atoms with van der Waals surface area (Å²) in [6.45, 7) is 8.15. The Bertz CT molecular complexity index is 446. The second-order valence-electron chi connectivity index (χ2n) is 6.65. The number of hydrogen-bond acceptors (Lipinski definition) is 3. The van der Waals surface area contributed by atoms with Crippen LogP contribution in [0.2, 0.25) is 0 Å². The van der Waals surface area contributed by atoms with Gasteiger partial charge in [-0.2, -0.15) is 11.8 Å². The average molecular weight is 305 g/mol. The third kappa shape index (κ3) is 3.64. The molecule has 1 aliphatic carbocycles. The van der Waals surface area contributed by atoms with E-state index >= 15 is 0 Å². The molecular formula is C18H28N2S. The molecule has 2 atom stereocenters. The summed E-state index contributed by atoms with van der Waals surface area (Å²) in [5.74, 6) is 3.45. The SMILES string of the molecule is CCSCCN1CC(C)(c2ccccc2)NCC1C1CC1. The first-order chi connectivity index (χ1) is 10.2. The van der Waals surface area contributed by atoms with Crippen LogP contribution in [0.5, 0.6) is 0 Å². The summed E-state index contributed by atoms with van der Waals surface area (Å²) in [5, 5.41) is 3.86. The van der Waals surface area contributed by atoms with Crippen LogP contribution < -0.4 is 5.32 Å². The smallest absolute Gasteiger partial charge is 0.0535 e. The van der Waals surface area contributed by atoms with Gasteiger partial charge in [0.1, 0.15) is 0 Å². The molecule has 1 heterocycles.